The van der Waals surface area contributed by atoms with Crippen LogP contribution in [0.3, 0.4) is 0 Å². The molecule has 2 aliphatic carbocycles. The van der Waals surface area contributed by atoms with Crippen molar-refractivity contribution in [3.8, 4) is 39.3 Å². The van der Waals surface area contributed by atoms with Gasteiger partial charge in [-0.3, -0.25) is 0 Å². The Balaban J connectivity index is 1.18. The number of anilines is 2. The molecule has 5 heterocycles. The van der Waals surface area contributed by atoms with E-state index in [2.05, 4.69) is 223 Å². The normalized spacial score (nSPS) is 16.8. The molecule has 4 aliphatic rings. The van der Waals surface area contributed by atoms with Gasteiger partial charge in [0.1, 0.15) is 5.82 Å². The van der Waals surface area contributed by atoms with Gasteiger partial charge in [0.2, 0.25) is 0 Å². The van der Waals surface area contributed by atoms with Gasteiger partial charge >= 0.3 is 6.85 Å². The molecule has 0 amide bonds. The number of hydrogen-bond donors (Lipinski definition) is 0. The van der Waals surface area contributed by atoms with E-state index in [0.717, 1.165) is 28.8 Å². The molecule has 0 atom stereocenters. The summed E-state index contributed by atoms with van der Waals surface area (Å²) in [5, 5.41) is 5.48. The maximum atomic E-state index is 5.54. The number of nitrogens with zero attached hydrogens (tertiary/aromatic N) is 4. The first-order valence-corrected chi connectivity index (χ1v) is 26.6. The minimum absolute atomic E-state index is 0.0149. The molecular formula is C65H57BN4S. The minimum Gasteiger partial charge on any atom is -0.376 e. The summed E-state index contributed by atoms with van der Waals surface area (Å²) in [5.41, 5.74) is 24.7. The predicted molar refractivity (Wildman–Crippen MR) is 304 cm³/mol. The van der Waals surface area contributed by atoms with Crippen LogP contribution in [0.4, 0.5) is 11.4 Å². The molecule has 11 aromatic rings. The smallest absolute Gasteiger partial charge is 0.333 e. The number of aryl methyl sites for hydroxylation is 1. The van der Waals surface area contributed by atoms with Crippen LogP contribution in [-0.4, -0.2) is 21.0 Å². The van der Waals surface area contributed by atoms with Crippen LogP contribution in [0.5, 0.6) is 0 Å². The standard InChI is InChI=1S/C65H57BN4S/c1-62(2,3)37-24-26-38(27-25-37)70-51-32-45-41(39-20-14-16-22-44(39)65(45,8)9)30-42(51)55-56-40-21-15-17-23-54(40)71-60(56)57-43-31-46-47(64(6,7)29-28-63(46,4)5)33-50(43)69-52-35-53-49(34-48(52)66(70)58(55)59(57)69)67-61(68(53)10)36-18-12-11-13-19-36/h11-27,30-35H,28-29H2,1-10H3. The second-order valence-corrected chi connectivity index (χ2v) is 25.3. The van der Waals surface area contributed by atoms with Crippen molar-refractivity contribution in [1.29, 1.82) is 0 Å². The molecule has 0 saturated heterocycles. The van der Waals surface area contributed by atoms with Crippen molar-refractivity contribution in [1.82, 2.24) is 14.1 Å². The van der Waals surface area contributed by atoms with Crippen LogP contribution < -0.4 is 15.7 Å². The lowest BCUT2D eigenvalue weighted by atomic mass is 9.43. The lowest BCUT2D eigenvalue weighted by Gasteiger charge is -2.43. The molecule has 2 aliphatic heterocycles. The van der Waals surface area contributed by atoms with Gasteiger partial charge in [0.15, 0.2) is 0 Å². The molecule has 0 unspecified atom stereocenters. The summed E-state index contributed by atoms with van der Waals surface area (Å²) in [6.45, 7) is 21.6. The molecule has 0 bridgehead atoms. The average Bonchev–Trinajstić information content (AvgIpc) is 4.07. The van der Waals surface area contributed by atoms with Crippen molar-refractivity contribution >= 4 is 93.5 Å². The summed E-state index contributed by atoms with van der Waals surface area (Å²) in [4.78, 5) is 8.28. The van der Waals surface area contributed by atoms with Crippen LogP contribution in [0.15, 0.2) is 140 Å². The molecule has 0 N–H and O–H groups in total. The lowest BCUT2D eigenvalue weighted by Crippen LogP contribution is -2.60. The van der Waals surface area contributed by atoms with E-state index in [4.69, 9.17) is 4.98 Å². The topological polar surface area (TPSA) is 26.0 Å². The number of fused-ring (bicyclic) bond motifs is 18. The van der Waals surface area contributed by atoms with Crippen molar-refractivity contribution in [2.45, 2.75) is 96.8 Å². The Morgan fingerprint density at radius 3 is 2.07 bits per heavy atom. The van der Waals surface area contributed by atoms with Crippen LogP contribution in [0.25, 0.3) is 92.3 Å². The van der Waals surface area contributed by atoms with Crippen LogP contribution in [0.2, 0.25) is 0 Å². The highest BCUT2D eigenvalue weighted by Crippen LogP contribution is 2.58. The first-order chi connectivity index (χ1) is 34.0. The van der Waals surface area contributed by atoms with Gasteiger partial charge < -0.3 is 13.9 Å². The van der Waals surface area contributed by atoms with E-state index in [9.17, 15) is 0 Å². The van der Waals surface area contributed by atoms with Gasteiger partial charge in [-0.2, -0.15) is 0 Å². The number of imidazole rings is 1. The quantitative estimate of drug-likeness (QED) is 0.161. The molecule has 71 heavy (non-hydrogen) atoms. The average molecular weight is 937 g/mol. The molecule has 0 radical (unpaired) electrons. The third-order valence-corrected chi connectivity index (χ3v) is 19.1. The van der Waals surface area contributed by atoms with E-state index in [0.29, 0.717) is 0 Å². The number of rotatable bonds is 2. The van der Waals surface area contributed by atoms with Crippen LogP contribution >= 0.6 is 11.3 Å². The molecule has 346 valence electrons. The van der Waals surface area contributed by atoms with E-state index in [1.165, 1.54) is 126 Å². The van der Waals surface area contributed by atoms with E-state index in [1.54, 1.807) is 0 Å². The zero-order chi connectivity index (χ0) is 48.4. The van der Waals surface area contributed by atoms with Gasteiger partial charge in [0.05, 0.1) is 22.1 Å². The van der Waals surface area contributed by atoms with Crippen molar-refractivity contribution < 1.29 is 0 Å². The van der Waals surface area contributed by atoms with E-state index >= 15 is 0 Å². The van der Waals surface area contributed by atoms with Crippen LogP contribution in [-0.2, 0) is 28.7 Å². The number of benzene rings is 8. The highest BCUT2D eigenvalue weighted by molar-refractivity contribution is 7.27. The van der Waals surface area contributed by atoms with Crippen molar-refractivity contribution in [3.05, 3.63) is 167 Å². The summed E-state index contributed by atoms with van der Waals surface area (Å²) in [5.74, 6) is 0.981. The van der Waals surface area contributed by atoms with Gasteiger partial charge in [-0.15, -0.1) is 11.3 Å². The molecule has 4 nitrogen and oxygen atoms in total. The Morgan fingerprint density at radius 1 is 0.606 bits per heavy atom. The third-order valence-electron chi connectivity index (χ3n) is 17.9. The monoisotopic (exact) mass is 936 g/mol. The Morgan fingerprint density at radius 2 is 1.31 bits per heavy atom. The Labute approximate surface area is 420 Å². The first-order valence-electron chi connectivity index (χ1n) is 25.8. The Bertz CT molecular complexity index is 4190. The highest BCUT2D eigenvalue weighted by atomic mass is 32.1. The lowest BCUT2D eigenvalue weighted by molar-refractivity contribution is 0.332. The Kier molecular flexibility index (Phi) is 7.98. The zero-order valence-electron chi connectivity index (χ0n) is 42.5. The molecule has 6 heteroatoms. The van der Waals surface area contributed by atoms with Gasteiger partial charge in [-0.1, -0.05) is 147 Å². The summed E-state index contributed by atoms with van der Waals surface area (Å²) < 4.78 is 7.77. The van der Waals surface area contributed by atoms with Crippen molar-refractivity contribution in [2.75, 3.05) is 4.81 Å². The number of hydrogen-bond acceptors (Lipinski definition) is 3. The molecule has 0 saturated carbocycles. The molecule has 8 aromatic carbocycles. The van der Waals surface area contributed by atoms with E-state index < -0.39 is 0 Å². The van der Waals surface area contributed by atoms with Crippen LogP contribution in [0, 0.1) is 0 Å². The Hall–Kier alpha value is -6.89. The second kappa shape index (κ2) is 13.5. The molecule has 3 aromatic heterocycles. The molecule has 15 rings (SSSR count). The SMILES string of the molecule is Cn1c(-c2ccccc2)nc2cc3c(cc21)-n1c2cc4c(cc2c2c5sc6ccccc6c5c5c(c21)B3N(c1ccc(C(C)(C)C)cc1)c1cc2c(cc1-5)-c1ccccc1C2(C)C)C(C)(C)CCC4(C)C. The van der Waals surface area contributed by atoms with E-state index in [-0.39, 0.29) is 28.5 Å². The minimum atomic E-state index is -0.178. The fourth-order valence-electron chi connectivity index (χ4n) is 14.0. The maximum Gasteiger partial charge on any atom is 0.333 e. The van der Waals surface area contributed by atoms with Gasteiger partial charge in [0.25, 0.3) is 0 Å². The number of thiophene rings is 1. The highest BCUT2D eigenvalue weighted by Gasteiger charge is 2.48. The summed E-state index contributed by atoms with van der Waals surface area (Å²) in [6, 6.07) is 54.2. The summed E-state index contributed by atoms with van der Waals surface area (Å²) in [6.07, 6.45) is 2.33. The first kappa shape index (κ1) is 41.9. The second-order valence-electron chi connectivity index (χ2n) is 24.2. The zero-order valence-corrected chi connectivity index (χ0v) is 43.3. The largest absolute Gasteiger partial charge is 0.376 e. The molecule has 0 spiro atoms. The predicted octanol–water partition coefficient (Wildman–Crippen LogP) is 15.9. The molecule has 0 fully saturated rings. The van der Waals surface area contributed by atoms with Gasteiger partial charge in [-0.05, 0) is 139 Å². The molecular weight excluding hydrogens is 880 g/mol. The van der Waals surface area contributed by atoms with Crippen molar-refractivity contribution in [2.24, 2.45) is 7.05 Å². The fraction of sp³-hybridized carbons (Fsp3) is 0.246. The summed E-state index contributed by atoms with van der Waals surface area (Å²) in [7, 11) is 2.20. The van der Waals surface area contributed by atoms with Crippen LogP contribution in [0.1, 0.15) is 103 Å². The third kappa shape index (κ3) is 5.34. The summed E-state index contributed by atoms with van der Waals surface area (Å²) >= 11 is 1.99. The van der Waals surface area contributed by atoms with E-state index in [1.807, 2.05) is 11.3 Å². The maximum absolute atomic E-state index is 5.54. The fourth-order valence-corrected chi connectivity index (χ4v) is 15.2. The number of aromatic nitrogens is 3. The van der Waals surface area contributed by atoms with Gasteiger partial charge in [-0.25, -0.2) is 4.98 Å². The van der Waals surface area contributed by atoms with Gasteiger partial charge in [0, 0.05) is 71.6 Å². The van der Waals surface area contributed by atoms with Crippen molar-refractivity contribution in [3.63, 3.8) is 0 Å².